The minimum Gasteiger partial charge on any atom is -0.475 e. The van der Waals surface area contributed by atoms with Crippen LogP contribution >= 0.6 is 0 Å². The van der Waals surface area contributed by atoms with Crippen molar-refractivity contribution in [2.75, 3.05) is 6.61 Å². The van der Waals surface area contributed by atoms with Crippen molar-refractivity contribution < 1.29 is 9.84 Å². The fraction of sp³-hybridized carbons (Fsp3) is 0.320. The highest BCUT2D eigenvalue weighted by Gasteiger charge is 2.40. The molecule has 2 aromatic rings. The van der Waals surface area contributed by atoms with Crippen molar-refractivity contribution in [3.8, 4) is 0 Å². The second-order valence-corrected chi connectivity index (χ2v) is 8.57. The number of rotatable bonds is 4. The SMILES string of the molecule is CC(C)(C)[C@H]1COC(C2=C(C(O)(c3ccccc3)c3ccccc3)CC=C2)=N1. The minimum absolute atomic E-state index is 0.0416. The van der Waals surface area contributed by atoms with Crippen molar-refractivity contribution in [1.29, 1.82) is 0 Å². The normalized spacial score (nSPS) is 19.7. The Balaban J connectivity index is 1.86. The quantitative estimate of drug-likeness (QED) is 0.817. The Labute approximate surface area is 167 Å². The number of benzene rings is 2. The molecule has 3 nitrogen and oxygen atoms in total. The van der Waals surface area contributed by atoms with Gasteiger partial charge in [-0.25, -0.2) is 4.99 Å². The first kappa shape index (κ1) is 18.7. The van der Waals surface area contributed by atoms with Crippen molar-refractivity contribution >= 4 is 5.90 Å². The van der Waals surface area contributed by atoms with Gasteiger partial charge in [-0.1, -0.05) is 93.6 Å². The first-order chi connectivity index (χ1) is 13.4. The number of ether oxygens (including phenoxy) is 1. The molecule has 1 aliphatic heterocycles. The van der Waals surface area contributed by atoms with E-state index in [-0.39, 0.29) is 11.5 Å². The summed E-state index contributed by atoms with van der Waals surface area (Å²) in [7, 11) is 0. The van der Waals surface area contributed by atoms with Gasteiger partial charge >= 0.3 is 0 Å². The molecule has 1 N–H and O–H groups in total. The lowest BCUT2D eigenvalue weighted by Gasteiger charge is -2.32. The summed E-state index contributed by atoms with van der Waals surface area (Å²) in [6, 6.07) is 19.8. The first-order valence-electron chi connectivity index (χ1n) is 9.85. The molecule has 0 aromatic heterocycles. The molecule has 3 heteroatoms. The topological polar surface area (TPSA) is 41.8 Å². The van der Waals surface area contributed by atoms with E-state index in [1.807, 2.05) is 66.7 Å². The number of nitrogens with zero attached hydrogens (tertiary/aromatic N) is 1. The third-order valence-corrected chi connectivity index (χ3v) is 5.63. The summed E-state index contributed by atoms with van der Waals surface area (Å²) >= 11 is 0. The summed E-state index contributed by atoms with van der Waals surface area (Å²) < 4.78 is 6.00. The molecule has 0 spiro atoms. The predicted molar refractivity (Wildman–Crippen MR) is 113 cm³/mol. The maximum atomic E-state index is 12.1. The summed E-state index contributed by atoms with van der Waals surface area (Å²) in [6.45, 7) is 7.12. The van der Waals surface area contributed by atoms with Gasteiger partial charge in [0.25, 0.3) is 0 Å². The maximum Gasteiger partial charge on any atom is 0.216 e. The minimum atomic E-state index is -1.23. The summed E-state index contributed by atoms with van der Waals surface area (Å²) in [5.74, 6) is 0.647. The fourth-order valence-electron chi connectivity index (χ4n) is 3.89. The molecule has 144 valence electrons. The van der Waals surface area contributed by atoms with Crippen LogP contribution in [0.25, 0.3) is 0 Å². The number of aliphatic imine (C=N–C) groups is 1. The van der Waals surface area contributed by atoms with E-state index in [0.29, 0.717) is 18.9 Å². The van der Waals surface area contributed by atoms with Crippen molar-refractivity contribution in [3.05, 3.63) is 95.1 Å². The molecule has 2 aromatic carbocycles. The van der Waals surface area contributed by atoms with Crippen LogP contribution in [0.5, 0.6) is 0 Å². The average Bonchev–Trinajstić information content (AvgIpc) is 3.38. The second-order valence-electron chi connectivity index (χ2n) is 8.57. The number of aliphatic hydroxyl groups is 1. The van der Waals surface area contributed by atoms with Crippen LogP contribution in [0.2, 0.25) is 0 Å². The molecule has 1 heterocycles. The molecule has 1 atom stereocenters. The van der Waals surface area contributed by atoms with Crippen LogP contribution in [0, 0.1) is 5.41 Å². The Morgan fingerprint density at radius 3 is 2.00 bits per heavy atom. The zero-order chi connectivity index (χ0) is 19.8. The molecule has 0 bridgehead atoms. The Hall–Kier alpha value is -2.65. The van der Waals surface area contributed by atoms with Gasteiger partial charge in [0, 0.05) is 5.57 Å². The zero-order valence-electron chi connectivity index (χ0n) is 16.7. The van der Waals surface area contributed by atoms with Crippen LogP contribution in [0.4, 0.5) is 0 Å². The highest BCUT2D eigenvalue weighted by molar-refractivity contribution is 5.99. The van der Waals surface area contributed by atoms with Crippen LogP contribution in [-0.2, 0) is 10.3 Å². The van der Waals surface area contributed by atoms with Gasteiger partial charge in [-0.2, -0.15) is 0 Å². The zero-order valence-corrected chi connectivity index (χ0v) is 16.7. The molecule has 0 saturated heterocycles. The summed E-state index contributed by atoms with van der Waals surface area (Å²) in [5.41, 5.74) is 2.33. The molecule has 0 radical (unpaired) electrons. The molecule has 4 rings (SSSR count). The van der Waals surface area contributed by atoms with Crippen LogP contribution in [-0.4, -0.2) is 23.7 Å². The van der Waals surface area contributed by atoms with E-state index in [1.54, 1.807) is 0 Å². The lowest BCUT2D eigenvalue weighted by molar-refractivity contribution is 0.118. The lowest BCUT2D eigenvalue weighted by Crippen LogP contribution is -2.31. The van der Waals surface area contributed by atoms with Crippen molar-refractivity contribution in [2.24, 2.45) is 10.4 Å². The van der Waals surface area contributed by atoms with E-state index >= 15 is 0 Å². The van der Waals surface area contributed by atoms with Gasteiger partial charge in [0.1, 0.15) is 12.2 Å². The van der Waals surface area contributed by atoms with E-state index < -0.39 is 5.60 Å². The Morgan fingerprint density at radius 1 is 0.929 bits per heavy atom. The maximum absolute atomic E-state index is 12.1. The smallest absolute Gasteiger partial charge is 0.216 e. The van der Waals surface area contributed by atoms with E-state index in [2.05, 4.69) is 26.8 Å². The molecule has 0 amide bonds. The van der Waals surface area contributed by atoms with Gasteiger partial charge in [0.15, 0.2) is 0 Å². The summed E-state index contributed by atoms with van der Waals surface area (Å²) in [6.07, 6.45) is 4.78. The Kier molecular flexibility index (Phi) is 4.72. The molecule has 28 heavy (non-hydrogen) atoms. The van der Waals surface area contributed by atoms with E-state index in [1.165, 1.54) is 0 Å². The molecular formula is C25H27NO2. The summed E-state index contributed by atoms with van der Waals surface area (Å²) in [5, 5.41) is 12.1. The van der Waals surface area contributed by atoms with Gasteiger partial charge in [0.2, 0.25) is 5.90 Å². The van der Waals surface area contributed by atoms with Gasteiger partial charge in [0.05, 0.1) is 6.04 Å². The third-order valence-electron chi connectivity index (χ3n) is 5.63. The van der Waals surface area contributed by atoms with E-state index in [4.69, 9.17) is 9.73 Å². The van der Waals surface area contributed by atoms with Gasteiger partial charge in [-0.3, -0.25) is 0 Å². The molecular weight excluding hydrogens is 346 g/mol. The van der Waals surface area contributed by atoms with Crippen LogP contribution in [0.1, 0.15) is 38.3 Å². The van der Waals surface area contributed by atoms with Crippen molar-refractivity contribution in [3.63, 3.8) is 0 Å². The highest BCUT2D eigenvalue weighted by atomic mass is 16.5. The second kappa shape index (κ2) is 7.06. The molecule has 1 aliphatic carbocycles. The number of hydrogen-bond donors (Lipinski definition) is 1. The number of hydrogen-bond acceptors (Lipinski definition) is 3. The van der Waals surface area contributed by atoms with E-state index in [0.717, 1.165) is 22.3 Å². The fourth-order valence-corrected chi connectivity index (χ4v) is 3.89. The summed E-state index contributed by atoms with van der Waals surface area (Å²) in [4.78, 5) is 4.87. The van der Waals surface area contributed by atoms with E-state index in [9.17, 15) is 5.11 Å². The lowest BCUT2D eigenvalue weighted by atomic mass is 9.78. The largest absolute Gasteiger partial charge is 0.475 e. The monoisotopic (exact) mass is 373 g/mol. The first-order valence-corrected chi connectivity index (χ1v) is 9.85. The number of allylic oxidation sites excluding steroid dienone is 1. The average molecular weight is 373 g/mol. The highest BCUT2D eigenvalue weighted by Crippen LogP contribution is 2.43. The predicted octanol–water partition coefficient (Wildman–Crippen LogP) is 5.02. The molecule has 0 unspecified atom stereocenters. The van der Waals surface area contributed by atoms with Crippen molar-refractivity contribution in [1.82, 2.24) is 0 Å². The molecule has 0 fully saturated rings. The van der Waals surface area contributed by atoms with Gasteiger partial charge in [-0.15, -0.1) is 0 Å². The molecule has 0 saturated carbocycles. The standard InChI is InChI=1S/C25H27NO2/c1-24(2,3)22-17-28-23(26-22)20-15-10-16-21(20)25(27,18-11-6-4-7-12-18)19-13-8-5-9-14-19/h4-15,22,27H,16-17H2,1-3H3/t22-/m1/s1. The molecule has 2 aliphatic rings. The van der Waals surface area contributed by atoms with Crippen LogP contribution in [0.3, 0.4) is 0 Å². The van der Waals surface area contributed by atoms with Gasteiger partial charge in [-0.05, 0) is 28.5 Å². The van der Waals surface area contributed by atoms with Gasteiger partial charge < -0.3 is 9.84 Å². The third kappa shape index (κ3) is 3.20. The van der Waals surface area contributed by atoms with Crippen LogP contribution in [0.15, 0.2) is 89.0 Å². The Bertz CT molecular complexity index is 894. The van der Waals surface area contributed by atoms with Crippen LogP contribution < -0.4 is 0 Å². The van der Waals surface area contributed by atoms with Crippen molar-refractivity contribution in [2.45, 2.75) is 38.8 Å². The Morgan fingerprint density at radius 2 is 1.50 bits per heavy atom.